The summed E-state index contributed by atoms with van der Waals surface area (Å²) in [6, 6.07) is 16.6. The highest BCUT2D eigenvalue weighted by molar-refractivity contribution is 5.94. The SMILES string of the molecule is O=C(O)Cc1cc(OCc2ccc(C(=O)N3CCOCC3)cc2)cc(-c2ccc(C(F)(F)F)cc2)c1. The average molecular weight is 499 g/mol. The molecule has 0 spiro atoms. The Bertz CT molecular complexity index is 1220. The molecule has 3 aromatic rings. The number of ether oxygens (including phenoxy) is 2. The van der Waals surface area contributed by atoms with Gasteiger partial charge >= 0.3 is 12.1 Å². The van der Waals surface area contributed by atoms with Gasteiger partial charge in [0.1, 0.15) is 12.4 Å². The number of alkyl halides is 3. The summed E-state index contributed by atoms with van der Waals surface area (Å²) in [6.07, 6.45) is -4.70. The maximum Gasteiger partial charge on any atom is 0.416 e. The first kappa shape index (κ1) is 25.2. The van der Waals surface area contributed by atoms with Crippen LogP contribution in [0.4, 0.5) is 13.2 Å². The van der Waals surface area contributed by atoms with Crippen molar-refractivity contribution in [1.29, 1.82) is 0 Å². The number of hydrogen-bond donors (Lipinski definition) is 1. The van der Waals surface area contributed by atoms with E-state index in [1.165, 1.54) is 12.1 Å². The van der Waals surface area contributed by atoms with E-state index >= 15 is 0 Å². The van der Waals surface area contributed by atoms with Gasteiger partial charge in [0.05, 0.1) is 25.2 Å². The van der Waals surface area contributed by atoms with Gasteiger partial charge < -0.3 is 19.5 Å². The first-order chi connectivity index (χ1) is 17.2. The lowest BCUT2D eigenvalue weighted by atomic mass is 10.00. The number of morpholine rings is 1. The van der Waals surface area contributed by atoms with Gasteiger partial charge in [0.2, 0.25) is 0 Å². The Morgan fingerprint density at radius 2 is 1.56 bits per heavy atom. The third-order valence-electron chi connectivity index (χ3n) is 5.77. The molecular formula is C27H24F3NO5. The Hall–Kier alpha value is -3.85. The summed E-state index contributed by atoms with van der Waals surface area (Å²) in [7, 11) is 0. The number of rotatable bonds is 7. The molecule has 3 aromatic carbocycles. The molecule has 9 heteroatoms. The van der Waals surface area contributed by atoms with Crippen LogP contribution in [0, 0.1) is 0 Å². The molecule has 1 aliphatic rings. The molecule has 0 atom stereocenters. The van der Waals surface area contributed by atoms with Crippen molar-refractivity contribution in [3.8, 4) is 16.9 Å². The normalized spacial score (nSPS) is 13.9. The summed E-state index contributed by atoms with van der Waals surface area (Å²) < 4.78 is 49.9. The number of carbonyl (C=O) groups excluding carboxylic acids is 1. The summed E-state index contributed by atoms with van der Waals surface area (Å²) in [5.41, 5.74) is 2.11. The molecule has 1 amide bonds. The van der Waals surface area contributed by atoms with Crippen LogP contribution < -0.4 is 4.74 Å². The molecule has 0 saturated carbocycles. The molecule has 0 bridgehead atoms. The van der Waals surface area contributed by atoms with Gasteiger partial charge in [0.15, 0.2) is 0 Å². The first-order valence-electron chi connectivity index (χ1n) is 11.3. The fraction of sp³-hybridized carbons (Fsp3) is 0.259. The highest BCUT2D eigenvalue weighted by atomic mass is 19.4. The Labute approximate surface area is 205 Å². The lowest BCUT2D eigenvalue weighted by Crippen LogP contribution is -2.40. The van der Waals surface area contributed by atoms with Crippen molar-refractivity contribution in [2.75, 3.05) is 26.3 Å². The summed E-state index contributed by atoms with van der Waals surface area (Å²) in [6.45, 7) is 2.31. The Balaban J connectivity index is 1.49. The quantitative estimate of drug-likeness (QED) is 0.492. The zero-order valence-electron chi connectivity index (χ0n) is 19.3. The van der Waals surface area contributed by atoms with Crippen molar-refractivity contribution >= 4 is 11.9 Å². The molecule has 1 N–H and O–H groups in total. The smallest absolute Gasteiger partial charge is 0.416 e. The molecule has 0 aliphatic carbocycles. The number of carboxylic acids is 1. The van der Waals surface area contributed by atoms with E-state index < -0.39 is 17.7 Å². The summed E-state index contributed by atoms with van der Waals surface area (Å²) in [5.74, 6) is -0.712. The van der Waals surface area contributed by atoms with Crippen LogP contribution >= 0.6 is 0 Å². The molecule has 4 rings (SSSR count). The minimum Gasteiger partial charge on any atom is -0.489 e. The molecule has 1 saturated heterocycles. The summed E-state index contributed by atoms with van der Waals surface area (Å²) >= 11 is 0. The maximum atomic E-state index is 12.9. The largest absolute Gasteiger partial charge is 0.489 e. The number of benzene rings is 3. The molecular weight excluding hydrogens is 475 g/mol. The fourth-order valence-electron chi connectivity index (χ4n) is 3.90. The van der Waals surface area contributed by atoms with Gasteiger partial charge in [-0.05, 0) is 58.7 Å². The van der Waals surface area contributed by atoms with E-state index in [-0.39, 0.29) is 18.9 Å². The zero-order chi connectivity index (χ0) is 25.7. The zero-order valence-corrected chi connectivity index (χ0v) is 19.3. The predicted molar refractivity (Wildman–Crippen MR) is 126 cm³/mol. The summed E-state index contributed by atoms with van der Waals surface area (Å²) in [4.78, 5) is 25.6. The first-order valence-corrected chi connectivity index (χ1v) is 11.3. The second-order valence-corrected chi connectivity index (χ2v) is 8.40. The van der Waals surface area contributed by atoms with Crippen LogP contribution in [0.2, 0.25) is 0 Å². The van der Waals surface area contributed by atoms with Crippen LogP contribution in [-0.2, 0) is 28.7 Å². The molecule has 0 radical (unpaired) electrons. The van der Waals surface area contributed by atoms with Crippen LogP contribution in [-0.4, -0.2) is 48.2 Å². The lowest BCUT2D eigenvalue weighted by Gasteiger charge is -2.26. The minimum absolute atomic E-state index is 0.0617. The predicted octanol–water partition coefficient (Wildman–Crippen LogP) is 5.05. The molecule has 1 heterocycles. The third-order valence-corrected chi connectivity index (χ3v) is 5.77. The third kappa shape index (κ3) is 6.42. The highest BCUT2D eigenvalue weighted by Crippen LogP contribution is 2.32. The Kier molecular flexibility index (Phi) is 7.59. The maximum absolute atomic E-state index is 12.9. The molecule has 1 fully saturated rings. The Morgan fingerprint density at radius 1 is 0.889 bits per heavy atom. The van der Waals surface area contributed by atoms with Gasteiger partial charge in [-0.25, -0.2) is 0 Å². The van der Waals surface area contributed by atoms with E-state index in [0.29, 0.717) is 54.3 Å². The second kappa shape index (κ2) is 10.8. The topological polar surface area (TPSA) is 76.1 Å². The number of amides is 1. The minimum atomic E-state index is -4.44. The van der Waals surface area contributed by atoms with E-state index in [1.807, 2.05) is 0 Å². The van der Waals surface area contributed by atoms with Crippen molar-refractivity contribution in [3.05, 3.63) is 89.0 Å². The second-order valence-electron chi connectivity index (χ2n) is 8.40. The highest BCUT2D eigenvalue weighted by Gasteiger charge is 2.30. The van der Waals surface area contributed by atoms with Crippen molar-refractivity contribution in [1.82, 2.24) is 4.90 Å². The molecule has 1 aliphatic heterocycles. The van der Waals surface area contributed by atoms with Crippen molar-refractivity contribution in [2.24, 2.45) is 0 Å². The van der Waals surface area contributed by atoms with E-state index in [1.54, 1.807) is 47.4 Å². The molecule has 0 unspecified atom stereocenters. The number of aliphatic carboxylic acids is 1. The van der Waals surface area contributed by atoms with E-state index in [0.717, 1.165) is 17.7 Å². The monoisotopic (exact) mass is 499 g/mol. The molecule has 36 heavy (non-hydrogen) atoms. The van der Waals surface area contributed by atoms with Crippen LogP contribution in [0.25, 0.3) is 11.1 Å². The lowest BCUT2D eigenvalue weighted by molar-refractivity contribution is -0.138. The molecule has 0 aromatic heterocycles. The van der Waals surface area contributed by atoms with E-state index in [9.17, 15) is 27.9 Å². The van der Waals surface area contributed by atoms with Crippen LogP contribution in [0.1, 0.15) is 27.0 Å². The fourth-order valence-corrected chi connectivity index (χ4v) is 3.90. The van der Waals surface area contributed by atoms with Crippen LogP contribution in [0.3, 0.4) is 0 Å². The van der Waals surface area contributed by atoms with Gasteiger partial charge in [-0.1, -0.05) is 30.3 Å². The van der Waals surface area contributed by atoms with Crippen molar-refractivity contribution in [2.45, 2.75) is 19.2 Å². The molecule has 6 nitrogen and oxygen atoms in total. The van der Waals surface area contributed by atoms with Gasteiger partial charge in [0, 0.05) is 18.7 Å². The number of carboxylic acid groups (broad SMARTS) is 1. The summed E-state index contributed by atoms with van der Waals surface area (Å²) in [5, 5.41) is 9.21. The van der Waals surface area contributed by atoms with Gasteiger partial charge in [-0.2, -0.15) is 13.2 Å². The standard InChI is InChI=1S/C27H24F3NO5/c28-27(29,30)23-7-5-20(6-8-23)22-13-19(15-25(32)33)14-24(16-22)36-17-18-1-3-21(4-2-18)26(34)31-9-11-35-12-10-31/h1-8,13-14,16H,9-12,15,17H2,(H,32,33). The molecule has 188 valence electrons. The number of nitrogens with zero attached hydrogens (tertiary/aromatic N) is 1. The van der Waals surface area contributed by atoms with E-state index in [2.05, 4.69) is 0 Å². The van der Waals surface area contributed by atoms with Crippen LogP contribution in [0.5, 0.6) is 5.75 Å². The number of carbonyl (C=O) groups is 2. The van der Waals surface area contributed by atoms with E-state index in [4.69, 9.17) is 9.47 Å². The van der Waals surface area contributed by atoms with Gasteiger partial charge in [0.25, 0.3) is 5.91 Å². The number of hydrogen-bond acceptors (Lipinski definition) is 4. The van der Waals surface area contributed by atoms with Gasteiger partial charge in [-0.15, -0.1) is 0 Å². The number of halogens is 3. The Morgan fingerprint density at radius 3 is 2.17 bits per heavy atom. The van der Waals surface area contributed by atoms with Crippen molar-refractivity contribution in [3.63, 3.8) is 0 Å². The van der Waals surface area contributed by atoms with Crippen molar-refractivity contribution < 1.29 is 37.3 Å². The average Bonchev–Trinajstić information content (AvgIpc) is 2.87. The van der Waals surface area contributed by atoms with Crippen LogP contribution in [0.15, 0.2) is 66.7 Å². The van der Waals surface area contributed by atoms with Gasteiger partial charge in [-0.3, -0.25) is 9.59 Å².